The molecule has 4 aromatic rings. The molecule has 44 heavy (non-hydrogen) atoms. The van der Waals surface area contributed by atoms with Crippen LogP contribution in [0.2, 0.25) is 10.0 Å². The third-order valence-corrected chi connectivity index (χ3v) is 6.82. The summed E-state index contributed by atoms with van der Waals surface area (Å²) in [6.07, 6.45) is 0. The minimum Gasteiger partial charge on any atom is -0.348 e. The van der Waals surface area contributed by atoms with E-state index < -0.39 is 0 Å². The molecule has 0 saturated carbocycles. The fraction of sp³-hybridized carbons (Fsp3) is 0.176. The zero-order valence-electron chi connectivity index (χ0n) is 24.4. The van der Waals surface area contributed by atoms with E-state index in [-0.39, 0.29) is 48.8 Å². The Bertz CT molecular complexity index is 1430. The monoisotopic (exact) mass is 632 g/mol. The zero-order chi connectivity index (χ0) is 31.9. The quantitative estimate of drug-likeness (QED) is 0.174. The lowest BCUT2D eigenvalue weighted by atomic mass is 10.1. The number of carbonyl (C=O) groups excluding carboxylic acids is 4. The SMILES string of the molecule is C[C@H](NC(=O)CNC(=O)c1cccc(Cl)c1)c1ccccc1.C[C@H](NC(=O)CNC(=O)c1cccc(Cl)c1)c1ccccc1. The van der Waals surface area contributed by atoms with E-state index in [0.29, 0.717) is 21.2 Å². The van der Waals surface area contributed by atoms with Crippen molar-refractivity contribution in [2.75, 3.05) is 13.1 Å². The molecule has 0 spiro atoms. The van der Waals surface area contributed by atoms with Crippen LogP contribution in [0.1, 0.15) is 57.8 Å². The van der Waals surface area contributed by atoms with Crippen LogP contribution in [0.15, 0.2) is 109 Å². The molecule has 0 aliphatic carbocycles. The first kappa shape index (κ1) is 33.8. The molecule has 0 aromatic heterocycles. The highest BCUT2D eigenvalue weighted by Gasteiger charge is 2.13. The summed E-state index contributed by atoms with van der Waals surface area (Å²) in [4.78, 5) is 47.6. The van der Waals surface area contributed by atoms with Crippen LogP contribution in [0.3, 0.4) is 0 Å². The first-order chi connectivity index (χ1) is 21.1. The van der Waals surface area contributed by atoms with Crippen molar-refractivity contribution >= 4 is 46.8 Å². The topological polar surface area (TPSA) is 116 Å². The van der Waals surface area contributed by atoms with Crippen LogP contribution >= 0.6 is 23.2 Å². The van der Waals surface area contributed by atoms with Crippen LogP contribution in [-0.4, -0.2) is 36.7 Å². The van der Waals surface area contributed by atoms with Crippen molar-refractivity contribution in [2.45, 2.75) is 25.9 Å². The molecule has 0 unspecified atom stereocenters. The van der Waals surface area contributed by atoms with Gasteiger partial charge in [-0.05, 0) is 61.4 Å². The molecule has 4 aromatic carbocycles. The highest BCUT2D eigenvalue weighted by atomic mass is 35.5. The van der Waals surface area contributed by atoms with Crippen molar-refractivity contribution in [2.24, 2.45) is 0 Å². The van der Waals surface area contributed by atoms with Gasteiger partial charge in [-0.2, -0.15) is 0 Å². The summed E-state index contributed by atoms with van der Waals surface area (Å²) in [5, 5.41) is 11.8. The Morgan fingerprint density at radius 1 is 0.545 bits per heavy atom. The van der Waals surface area contributed by atoms with Crippen molar-refractivity contribution in [3.05, 3.63) is 141 Å². The zero-order valence-corrected chi connectivity index (χ0v) is 25.9. The molecule has 0 aliphatic heterocycles. The van der Waals surface area contributed by atoms with Crippen molar-refractivity contribution in [1.29, 1.82) is 0 Å². The van der Waals surface area contributed by atoms with Gasteiger partial charge in [0.1, 0.15) is 0 Å². The average molecular weight is 634 g/mol. The predicted molar refractivity (Wildman–Crippen MR) is 174 cm³/mol. The third-order valence-electron chi connectivity index (χ3n) is 6.35. The second kappa shape index (κ2) is 17.5. The Morgan fingerprint density at radius 3 is 1.25 bits per heavy atom. The number of carbonyl (C=O) groups is 4. The molecule has 4 amide bonds. The van der Waals surface area contributed by atoms with Crippen LogP contribution in [0.5, 0.6) is 0 Å². The lowest BCUT2D eigenvalue weighted by Crippen LogP contribution is -2.38. The van der Waals surface area contributed by atoms with Gasteiger partial charge in [0.2, 0.25) is 11.8 Å². The molecule has 4 N–H and O–H groups in total. The van der Waals surface area contributed by atoms with Crippen LogP contribution in [-0.2, 0) is 9.59 Å². The van der Waals surface area contributed by atoms with E-state index in [4.69, 9.17) is 23.2 Å². The second-order valence-electron chi connectivity index (χ2n) is 9.79. The lowest BCUT2D eigenvalue weighted by molar-refractivity contribution is -0.121. The number of hydrogen-bond donors (Lipinski definition) is 4. The highest BCUT2D eigenvalue weighted by molar-refractivity contribution is 6.31. The van der Waals surface area contributed by atoms with E-state index in [2.05, 4.69) is 21.3 Å². The number of halogens is 2. The van der Waals surface area contributed by atoms with E-state index in [1.807, 2.05) is 74.5 Å². The summed E-state index contributed by atoms with van der Waals surface area (Å²) in [5.74, 6) is -1.14. The number of nitrogens with one attached hydrogen (secondary N) is 4. The maximum atomic E-state index is 11.9. The number of amides is 4. The van der Waals surface area contributed by atoms with Gasteiger partial charge >= 0.3 is 0 Å². The summed E-state index contributed by atoms with van der Waals surface area (Å²) in [6.45, 7) is 3.63. The Labute approximate surface area is 267 Å². The maximum absolute atomic E-state index is 11.9. The van der Waals surface area contributed by atoms with Crippen LogP contribution < -0.4 is 21.3 Å². The fourth-order valence-electron chi connectivity index (χ4n) is 4.02. The molecular weight excluding hydrogens is 599 g/mol. The van der Waals surface area contributed by atoms with Crippen molar-refractivity contribution < 1.29 is 19.2 Å². The van der Waals surface area contributed by atoms with Gasteiger partial charge in [0.25, 0.3) is 11.8 Å². The summed E-state index contributed by atoms with van der Waals surface area (Å²) >= 11 is 11.7. The first-order valence-electron chi connectivity index (χ1n) is 13.9. The first-order valence-corrected chi connectivity index (χ1v) is 14.6. The van der Waals surface area contributed by atoms with E-state index in [9.17, 15) is 19.2 Å². The highest BCUT2D eigenvalue weighted by Crippen LogP contribution is 2.13. The van der Waals surface area contributed by atoms with E-state index >= 15 is 0 Å². The van der Waals surface area contributed by atoms with Crippen molar-refractivity contribution in [1.82, 2.24) is 21.3 Å². The Balaban J connectivity index is 0.000000240. The Kier molecular flexibility index (Phi) is 13.4. The maximum Gasteiger partial charge on any atom is 0.251 e. The van der Waals surface area contributed by atoms with Gasteiger partial charge < -0.3 is 21.3 Å². The van der Waals surface area contributed by atoms with Crippen LogP contribution in [0.4, 0.5) is 0 Å². The van der Waals surface area contributed by atoms with Gasteiger partial charge in [-0.1, -0.05) is 96.0 Å². The molecule has 2 atom stereocenters. The van der Waals surface area contributed by atoms with Gasteiger partial charge in [-0.15, -0.1) is 0 Å². The smallest absolute Gasteiger partial charge is 0.251 e. The Hall–Kier alpha value is -4.66. The molecule has 10 heteroatoms. The predicted octanol–water partition coefficient (Wildman–Crippen LogP) is 5.89. The molecule has 4 rings (SSSR count). The summed E-state index contributed by atoms with van der Waals surface area (Å²) in [7, 11) is 0. The van der Waals surface area contributed by atoms with Gasteiger partial charge in [0.15, 0.2) is 0 Å². The molecule has 0 saturated heterocycles. The van der Waals surface area contributed by atoms with Gasteiger partial charge in [-0.3, -0.25) is 19.2 Å². The van der Waals surface area contributed by atoms with E-state index in [1.54, 1.807) is 48.5 Å². The van der Waals surface area contributed by atoms with Crippen LogP contribution in [0.25, 0.3) is 0 Å². The molecule has 0 aliphatic rings. The second-order valence-corrected chi connectivity index (χ2v) is 10.7. The van der Waals surface area contributed by atoms with Crippen LogP contribution in [0, 0.1) is 0 Å². The minimum atomic E-state index is -0.329. The molecule has 0 fully saturated rings. The number of hydrogen-bond acceptors (Lipinski definition) is 4. The normalized spacial score (nSPS) is 11.5. The largest absolute Gasteiger partial charge is 0.348 e. The van der Waals surface area contributed by atoms with Gasteiger partial charge in [0, 0.05) is 21.2 Å². The average Bonchev–Trinajstić information content (AvgIpc) is 3.03. The summed E-state index contributed by atoms with van der Waals surface area (Å²) in [6, 6.07) is 32.2. The standard InChI is InChI=1S/2C17H17ClN2O2/c2*1-12(13-6-3-2-4-7-13)20-16(21)11-19-17(22)14-8-5-9-15(18)10-14/h2*2-10,12H,11H2,1H3,(H,19,22)(H,20,21)/t2*12-/m00/s1. The Morgan fingerprint density at radius 2 is 0.909 bits per heavy atom. The van der Waals surface area contributed by atoms with Gasteiger partial charge in [-0.25, -0.2) is 0 Å². The van der Waals surface area contributed by atoms with E-state index in [1.165, 1.54) is 0 Å². The van der Waals surface area contributed by atoms with Crippen molar-refractivity contribution in [3.63, 3.8) is 0 Å². The molecule has 0 bridgehead atoms. The van der Waals surface area contributed by atoms with E-state index in [0.717, 1.165) is 11.1 Å². The fourth-order valence-corrected chi connectivity index (χ4v) is 4.40. The van der Waals surface area contributed by atoms with Crippen molar-refractivity contribution in [3.8, 4) is 0 Å². The number of benzene rings is 4. The molecule has 0 heterocycles. The molecule has 8 nitrogen and oxygen atoms in total. The molecular formula is C34H34Cl2N4O4. The summed E-state index contributed by atoms with van der Waals surface area (Å²) in [5.41, 5.74) is 2.88. The minimum absolute atomic E-state index is 0.0808. The van der Waals surface area contributed by atoms with Gasteiger partial charge in [0.05, 0.1) is 25.2 Å². The lowest BCUT2D eigenvalue weighted by Gasteiger charge is -2.14. The molecule has 0 radical (unpaired) electrons. The summed E-state index contributed by atoms with van der Waals surface area (Å²) < 4.78 is 0. The third kappa shape index (κ3) is 11.6. The molecule has 228 valence electrons. The number of rotatable bonds is 10.